The quantitative estimate of drug-likeness (QED) is 0.0510. The van der Waals surface area contributed by atoms with Crippen LogP contribution in [0.1, 0.15) is 81.8 Å². The second-order valence-electron chi connectivity index (χ2n) is 19.4. The van der Waals surface area contributed by atoms with Gasteiger partial charge in [0.05, 0.1) is 40.7 Å². The van der Waals surface area contributed by atoms with E-state index in [4.69, 9.17) is 28.7 Å². The molecular weight excluding hydrogens is 990 g/mol. The maximum absolute atomic E-state index is 15.5. The number of alkyl carbamates (subject to hydrolysis) is 2. The fraction of sp³-hybridized carbons (Fsp3) is 0.327. The minimum Gasteiger partial charge on any atom is -0.460 e. The van der Waals surface area contributed by atoms with Crippen molar-refractivity contribution >= 4 is 46.9 Å². The Kier molecular flexibility index (Phi) is 12.9. The van der Waals surface area contributed by atoms with Crippen LogP contribution in [0.2, 0.25) is 0 Å². The van der Waals surface area contributed by atoms with Crippen molar-refractivity contribution in [2.75, 3.05) is 18.5 Å². The van der Waals surface area contributed by atoms with E-state index in [0.717, 1.165) is 22.3 Å². The highest BCUT2D eigenvalue weighted by atomic mass is 19.1. The van der Waals surface area contributed by atoms with Crippen molar-refractivity contribution in [1.29, 1.82) is 0 Å². The summed E-state index contributed by atoms with van der Waals surface area (Å²) in [7, 11) is 0. The fourth-order valence-corrected chi connectivity index (χ4v) is 11.1. The number of benzene rings is 4. The van der Waals surface area contributed by atoms with Gasteiger partial charge in [-0.1, -0.05) is 61.5 Å². The van der Waals surface area contributed by atoms with Gasteiger partial charge in [-0.05, 0) is 88.9 Å². The molecule has 2 aliphatic carbocycles. The molecule has 20 nitrogen and oxygen atoms in total. The molecule has 0 spiro atoms. The molecule has 0 unspecified atom stereocenters. The van der Waals surface area contributed by atoms with E-state index in [1.165, 1.54) is 28.8 Å². The van der Waals surface area contributed by atoms with Gasteiger partial charge in [0.15, 0.2) is 11.9 Å². The molecule has 6 aromatic rings. The number of nitrogens with zero attached hydrogens (tertiary/aromatic N) is 2. The van der Waals surface area contributed by atoms with E-state index in [-0.39, 0.29) is 66.5 Å². The third kappa shape index (κ3) is 8.49. The number of aldehydes is 1. The molecule has 5 heterocycles. The highest BCUT2D eigenvalue weighted by Gasteiger charge is 2.47. The van der Waals surface area contributed by atoms with Crippen LogP contribution >= 0.6 is 0 Å². The molecular formula is C55H50FN5O15. The Morgan fingerprint density at radius 1 is 0.921 bits per heavy atom. The third-order valence-electron chi connectivity index (χ3n) is 15.1. The van der Waals surface area contributed by atoms with Gasteiger partial charge in [0, 0.05) is 28.5 Å². The van der Waals surface area contributed by atoms with Gasteiger partial charge in [-0.25, -0.2) is 23.8 Å². The maximum Gasteiger partial charge on any atom is 0.407 e. The van der Waals surface area contributed by atoms with Crippen molar-refractivity contribution in [2.24, 2.45) is 0 Å². The first-order valence-electron chi connectivity index (χ1n) is 24.7. The summed E-state index contributed by atoms with van der Waals surface area (Å²) in [6.07, 6.45) is -9.68. The molecule has 3 amide bonds. The van der Waals surface area contributed by atoms with E-state index in [2.05, 4.69) is 16.0 Å². The third-order valence-corrected chi connectivity index (χ3v) is 15.1. The van der Waals surface area contributed by atoms with Crippen molar-refractivity contribution in [3.8, 4) is 28.3 Å². The van der Waals surface area contributed by atoms with E-state index in [0.29, 0.717) is 57.4 Å². The lowest BCUT2D eigenvalue weighted by atomic mass is 9.81. The van der Waals surface area contributed by atoms with Crippen LogP contribution < -0.4 is 26.2 Å². The average Bonchev–Trinajstić information content (AvgIpc) is 4.02. The number of carbonyl (C=O) groups is 5. The van der Waals surface area contributed by atoms with Gasteiger partial charge in [0.25, 0.3) is 5.56 Å². The molecule has 4 aromatic carbocycles. The molecule has 0 saturated carbocycles. The molecule has 76 heavy (non-hydrogen) atoms. The summed E-state index contributed by atoms with van der Waals surface area (Å²) in [6, 6.07) is 21.9. The van der Waals surface area contributed by atoms with Crippen molar-refractivity contribution in [3.63, 3.8) is 0 Å². The summed E-state index contributed by atoms with van der Waals surface area (Å²) >= 11 is 0. The number of cyclic esters (lactones) is 1. The van der Waals surface area contributed by atoms with E-state index in [1.54, 1.807) is 19.9 Å². The number of esters is 1. The summed E-state index contributed by atoms with van der Waals surface area (Å²) in [5.41, 5.74) is 5.13. The van der Waals surface area contributed by atoms with Crippen LogP contribution in [0.3, 0.4) is 0 Å². The molecule has 21 heteroatoms. The molecule has 7 atom stereocenters. The SMILES string of the molecule is CC[C@@]1(O)C(=O)OCc2c1cc1n(c2=O)Cc2c-1nc1cc(F)c(C)c3c1c2[C@@H](NC(=O)OCc1ccc(O[C@@H]2O[C@H](C=O)[C@@H](O)[C@H](O)[C@H]2O)c(NC(=O)CNC(=O)OCC2c4ccccc4-c4ccccc42)c1)CC3. The number of rotatable bonds is 12. The van der Waals surface area contributed by atoms with E-state index < -0.39 is 90.9 Å². The zero-order chi connectivity index (χ0) is 53.3. The predicted molar refractivity (Wildman–Crippen MR) is 265 cm³/mol. The zero-order valence-electron chi connectivity index (χ0n) is 40.8. The zero-order valence-corrected chi connectivity index (χ0v) is 40.8. The molecule has 1 saturated heterocycles. The van der Waals surface area contributed by atoms with Crippen molar-refractivity contribution in [3.05, 3.63) is 145 Å². The molecule has 392 valence electrons. The number of hydrogen-bond donors (Lipinski definition) is 7. The fourth-order valence-electron chi connectivity index (χ4n) is 11.1. The minimum atomic E-state index is -2.08. The van der Waals surface area contributed by atoms with E-state index >= 15 is 4.39 Å². The predicted octanol–water partition coefficient (Wildman–Crippen LogP) is 4.30. The van der Waals surface area contributed by atoms with Crippen LogP contribution in [-0.4, -0.2) is 104 Å². The summed E-state index contributed by atoms with van der Waals surface area (Å²) in [5, 5.41) is 51.5. The summed E-state index contributed by atoms with van der Waals surface area (Å²) < 4.78 is 44.8. The summed E-state index contributed by atoms with van der Waals surface area (Å²) in [4.78, 5) is 83.8. The Bertz CT molecular complexity index is 3450. The second-order valence-corrected chi connectivity index (χ2v) is 19.4. The van der Waals surface area contributed by atoms with Crippen LogP contribution in [0.5, 0.6) is 5.75 Å². The minimum absolute atomic E-state index is 0.00758. The first-order chi connectivity index (χ1) is 36.6. The van der Waals surface area contributed by atoms with Gasteiger partial charge < -0.3 is 69.4 Å². The first-order valence-corrected chi connectivity index (χ1v) is 24.7. The number of nitrogens with one attached hydrogen (secondary N) is 3. The number of hydrogen-bond acceptors (Lipinski definition) is 16. The van der Waals surface area contributed by atoms with Gasteiger partial charge >= 0.3 is 18.2 Å². The highest BCUT2D eigenvalue weighted by Crippen LogP contribution is 2.47. The molecule has 7 N–H and O–H groups in total. The van der Waals surface area contributed by atoms with Gasteiger partial charge in [-0.15, -0.1) is 0 Å². The number of pyridine rings is 2. The maximum atomic E-state index is 15.5. The molecule has 0 radical (unpaired) electrons. The van der Waals surface area contributed by atoms with Crippen LogP contribution in [0.25, 0.3) is 33.4 Å². The number of fused-ring (bicyclic) bond motifs is 8. The number of anilines is 1. The first kappa shape index (κ1) is 50.1. The normalized spacial score (nSPS) is 22.8. The Hall–Kier alpha value is -8.08. The lowest BCUT2D eigenvalue weighted by Gasteiger charge is -2.38. The number of carbonyl (C=O) groups excluding carboxylic acids is 5. The second kappa shape index (κ2) is 19.6. The average molecular weight is 1040 g/mol. The molecule has 0 bridgehead atoms. The van der Waals surface area contributed by atoms with Crippen molar-refractivity contribution in [2.45, 2.75) is 101 Å². The molecule has 5 aliphatic rings. The standard InChI is InChI=1S/C55H50FN5O15/c1-3-55(71)35-17-40-46-32(20-61(40)50(67)34(35)24-72-52(55)68)45-37(14-13-27-25(2)36(56)18-39(59-46)44(27)45)60-54(70)73-22-26-12-15-41(75-51-49(66)48(65)47(64)42(21-62)76-51)38(16-26)58-43(63)19-57-53(69)74-23-33-30-10-6-4-8-28(30)29-9-5-7-11-31(29)33/h4-12,15-18,21,33,37,42,47-49,51,64-66,71H,3,13-14,19-20,22-24H2,1-2H3,(H,57,69)(H,58,63)(H,60,70)/t37-,42+,47+,48-,49+,51+,55-/m0/s1. The number of aryl methyl sites for hydroxylation is 1. The van der Waals surface area contributed by atoms with Crippen LogP contribution in [0, 0.1) is 12.7 Å². The molecule has 1 fully saturated rings. The number of amides is 3. The number of aromatic nitrogens is 2. The highest BCUT2D eigenvalue weighted by molar-refractivity contribution is 5.96. The monoisotopic (exact) mass is 1040 g/mol. The smallest absolute Gasteiger partial charge is 0.407 e. The number of aliphatic hydroxyl groups excluding tert-OH is 3. The Labute approximate surface area is 431 Å². The van der Waals surface area contributed by atoms with Crippen LogP contribution in [0.4, 0.5) is 19.7 Å². The Morgan fingerprint density at radius 2 is 1.66 bits per heavy atom. The van der Waals surface area contributed by atoms with E-state index in [9.17, 15) is 49.2 Å². The van der Waals surface area contributed by atoms with Gasteiger partial charge in [-0.2, -0.15) is 0 Å². The van der Waals surface area contributed by atoms with Gasteiger partial charge in [0.2, 0.25) is 12.2 Å². The number of halogens is 1. The van der Waals surface area contributed by atoms with Crippen molar-refractivity contribution < 1.29 is 72.5 Å². The topological polar surface area (TPSA) is 283 Å². The Balaban J connectivity index is 0.819. The van der Waals surface area contributed by atoms with Gasteiger partial charge in [0.1, 0.15) is 62.3 Å². The lowest BCUT2D eigenvalue weighted by Crippen LogP contribution is -2.59. The Morgan fingerprint density at radius 3 is 2.38 bits per heavy atom. The van der Waals surface area contributed by atoms with Crippen molar-refractivity contribution in [1.82, 2.24) is 20.2 Å². The summed E-state index contributed by atoms with van der Waals surface area (Å²) in [6.45, 7) is 1.95. The molecule has 11 rings (SSSR count). The van der Waals surface area contributed by atoms with E-state index in [1.807, 2.05) is 48.5 Å². The lowest BCUT2D eigenvalue weighted by molar-refractivity contribution is -0.263. The summed E-state index contributed by atoms with van der Waals surface area (Å²) in [5.74, 6) is -2.52. The molecule has 3 aliphatic heterocycles. The van der Waals surface area contributed by atoms with Crippen LogP contribution in [-0.2, 0) is 65.1 Å². The van der Waals surface area contributed by atoms with Gasteiger partial charge in [-0.3, -0.25) is 9.59 Å². The number of ether oxygens (including phenoxy) is 5. The molecule has 2 aromatic heterocycles. The number of aliphatic hydroxyl groups is 4. The largest absolute Gasteiger partial charge is 0.460 e. The van der Waals surface area contributed by atoms with Crippen LogP contribution in [0.15, 0.2) is 83.7 Å².